The Morgan fingerprint density at radius 2 is 2.14 bits per heavy atom. The fourth-order valence-electron chi connectivity index (χ4n) is 3.81. The van der Waals surface area contributed by atoms with Gasteiger partial charge in [-0.05, 0) is 12.5 Å². The Morgan fingerprint density at radius 1 is 1.39 bits per heavy atom. The molecular weight excluding hydrogens is 362 g/mol. The lowest BCUT2D eigenvalue weighted by Gasteiger charge is -2.15. The molecule has 0 radical (unpaired) electrons. The number of anilines is 1. The first-order valence-electron chi connectivity index (χ1n) is 9.15. The molecule has 9 heteroatoms. The molecule has 3 aromatic rings. The molecule has 1 aliphatic heterocycles. The van der Waals surface area contributed by atoms with Crippen LogP contribution in [0.5, 0.6) is 0 Å². The highest BCUT2D eigenvalue weighted by Crippen LogP contribution is 2.35. The van der Waals surface area contributed by atoms with Crippen molar-refractivity contribution in [3.63, 3.8) is 0 Å². The summed E-state index contributed by atoms with van der Waals surface area (Å²) in [5.41, 5.74) is 7.21. The van der Waals surface area contributed by atoms with Gasteiger partial charge in [0.05, 0.1) is 12.7 Å². The second-order valence-corrected chi connectivity index (χ2v) is 7.10. The van der Waals surface area contributed by atoms with Gasteiger partial charge in [0.1, 0.15) is 12.6 Å². The Balaban J connectivity index is 1.82. The number of aromatic amines is 1. The van der Waals surface area contributed by atoms with Crippen molar-refractivity contribution in [3.8, 4) is 0 Å². The standard InChI is InChI=1S/C19H23N5O4/c1-11-13(9-27-2)15(25)18(28-11)24-10-23(8-12-6-4-3-5-7-12)14-16(24)21-19(20)22-17(14)26/h3-7,10-11,13,15,18,25H,8-9H2,1-2H3,(H2-,20,21,22,26)/p+1/t11-,13-,15-,18-/m1/s1. The van der Waals surface area contributed by atoms with E-state index in [2.05, 4.69) is 9.97 Å². The maximum absolute atomic E-state index is 12.6. The number of nitrogens with two attached hydrogens (primary N) is 1. The van der Waals surface area contributed by atoms with Gasteiger partial charge in [-0.25, -0.2) is 4.57 Å². The van der Waals surface area contributed by atoms with Crippen LogP contribution in [-0.2, 0) is 16.0 Å². The Morgan fingerprint density at radius 3 is 2.86 bits per heavy atom. The third-order valence-corrected chi connectivity index (χ3v) is 5.21. The van der Waals surface area contributed by atoms with E-state index in [4.69, 9.17) is 15.2 Å². The zero-order chi connectivity index (χ0) is 19.8. The van der Waals surface area contributed by atoms with Crippen LogP contribution < -0.4 is 15.9 Å². The van der Waals surface area contributed by atoms with E-state index in [1.807, 2.05) is 37.3 Å². The summed E-state index contributed by atoms with van der Waals surface area (Å²) in [6.45, 7) is 2.74. The lowest BCUT2D eigenvalue weighted by molar-refractivity contribution is -0.664. The van der Waals surface area contributed by atoms with Gasteiger partial charge in [0, 0.05) is 13.0 Å². The van der Waals surface area contributed by atoms with Crippen LogP contribution in [0.4, 0.5) is 5.95 Å². The first-order valence-corrected chi connectivity index (χ1v) is 9.15. The minimum absolute atomic E-state index is 0.0117. The summed E-state index contributed by atoms with van der Waals surface area (Å²) in [6, 6.07) is 9.78. The normalized spacial score (nSPS) is 24.8. The monoisotopic (exact) mass is 386 g/mol. The molecule has 28 heavy (non-hydrogen) atoms. The molecule has 0 saturated carbocycles. The lowest BCUT2D eigenvalue weighted by Crippen LogP contribution is -2.37. The summed E-state index contributed by atoms with van der Waals surface area (Å²) in [5, 5.41) is 10.8. The highest BCUT2D eigenvalue weighted by atomic mass is 16.5. The maximum Gasteiger partial charge on any atom is 0.304 e. The minimum atomic E-state index is -0.807. The molecule has 148 valence electrons. The van der Waals surface area contributed by atoms with Gasteiger partial charge in [0.25, 0.3) is 11.2 Å². The van der Waals surface area contributed by atoms with Gasteiger partial charge in [0.15, 0.2) is 0 Å². The number of aliphatic hydroxyl groups is 1. The number of nitrogen functional groups attached to an aromatic ring is 1. The average molecular weight is 386 g/mol. The van der Waals surface area contributed by atoms with E-state index in [1.165, 1.54) is 0 Å². The van der Waals surface area contributed by atoms with E-state index in [0.29, 0.717) is 24.3 Å². The number of fused-ring (bicyclic) bond motifs is 1. The highest BCUT2D eigenvalue weighted by Gasteiger charge is 2.46. The van der Waals surface area contributed by atoms with Crippen LogP contribution in [0.3, 0.4) is 0 Å². The fraction of sp³-hybridized carbons (Fsp3) is 0.421. The Labute approximate surface area is 161 Å². The highest BCUT2D eigenvalue weighted by molar-refractivity contribution is 5.67. The number of nitrogens with one attached hydrogen (secondary N) is 1. The van der Waals surface area contributed by atoms with Crippen molar-refractivity contribution in [2.24, 2.45) is 5.92 Å². The Bertz CT molecular complexity index is 1030. The maximum atomic E-state index is 12.6. The predicted molar refractivity (Wildman–Crippen MR) is 101 cm³/mol. The largest absolute Gasteiger partial charge is 0.386 e. The summed E-state index contributed by atoms with van der Waals surface area (Å²) < 4.78 is 14.7. The molecule has 0 amide bonds. The number of methoxy groups -OCH3 is 1. The zero-order valence-electron chi connectivity index (χ0n) is 15.8. The van der Waals surface area contributed by atoms with Crippen LogP contribution in [-0.4, -0.2) is 45.6 Å². The molecule has 9 nitrogen and oxygen atoms in total. The Kier molecular flexibility index (Phi) is 4.88. The predicted octanol–water partition coefficient (Wildman–Crippen LogP) is 0.183. The van der Waals surface area contributed by atoms with Gasteiger partial charge in [-0.3, -0.25) is 9.78 Å². The number of nitrogens with zero attached hydrogens (tertiary/aromatic N) is 3. The van der Waals surface area contributed by atoms with Crippen molar-refractivity contribution in [2.75, 3.05) is 19.5 Å². The van der Waals surface area contributed by atoms with Gasteiger partial charge in [-0.15, -0.1) is 0 Å². The molecule has 0 unspecified atom stereocenters. The first kappa shape index (κ1) is 18.6. The van der Waals surface area contributed by atoms with Gasteiger partial charge in [-0.1, -0.05) is 30.3 Å². The summed E-state index contributed by atoms with van der Waals surface area (Å²) in [7, 11) is 1.59. The van der Waals surface area contributed by atoms with Crippen molar-refractivity contribution in [2.45, 2.75) is 31.9 Å². The van der Waals surface area contributed by atoms with Gasteiger partial charge in [0.2, 0.25) is 18.5 Å². The van der Waals surface area contributed by atoms with Crippen LogP contribution in [0.2, 0.25) is 0 Å². The summed E-state index contributed by atoms with van der Waals surface area (Å²) >= 11 is 0. The molecule has 1 fully saturated rings. The third kappa shape index (κ3) is 3.17. The van der Waals surface area contributed by atoms with Gasteiger partial charge in [-0.2, -0.15) is 9.55 Å². The summed E-state index contributed by atoms with van der Waals surface area (Å²) in [6.07, 6.45) is 0.0375. The molecule has 1 aromatic carbocycles. The number of aliphatic hydroxyl groups excluding tert-OH is 1. The van der Waals surface area contributed by atoms with E-state index in [0.717, 1.165) is 5.56 Å². The molecule has 2 aromatic heterocycles. The van der Waals surface area contributed by atoms with Crippen molar-refractivity contribution in [3.05, 3.63) is 52.6 Å². The smallest absolute Gasteiger partial charge is 0.304 e. The fourth-order valence-corrected chi connectivity index (χ4v) is 3.81. The van der Waals surface area contributed by atoms with Crippen molar-refractivity contribution >= 4 is 17.1 Å². The zero-order valence-corrected chi connectivity index (χ0v) is 15.8. The number of imidazole rings is 1. The molecule has 0 bridgehead atoms. The summed E-state index contributed by atoms with van der Waals surface area (Å²) in [4.78, 5) is 19.5. The average Bonchev–Trinajstić information content (AvgIpc) is 3.15. The van der Waals surface area contributed by atoms with Crippen LogP contribution in [0.1, 0.15) is 18.7 Å². The quantitative estimate of drug-likeness (QED) is 0.539. The van der Waals surface area contributed by atoms with E-state index < -0.39 is 12.3 Å². The molecule has 4 rings (SSSR count). The SMILES string of the molecule is COC[C@H]1[C@@H](O)[C@H](n2c[n+](Cc3ccccc3)c3c(=O)[nH]c(N)nc32)O[C@@H]1C. The third-order valence-electron chi connectivity index (χ3n) is 5.21. The molecule has 1 aliphatic rings. The summed E-state index contributed by atoms with van der Waals surface area (Å²) in [5.74, 6) is -0.174. The number of benzene rings is 1. The second-order valence-electron chi connectivity index (χ2n) is 7.10. The van der Waals surface area contributed by atoms with Crippen LogP contribution in [0, 0.1) is 5.92 Å². The van der Waals surface area contributed by atoms with Crippen LogP contribution in [0.15, 0.2) is 41.5 Å². The molecule has 0 aliphatic carbocycles. The number of ether oxygens (including phenoxy) is 2. The molecular formula is C19H24N5O4+. The number of hydrogen-bond donors (Lipinski definition) is 3. The van der Waals surface area contributed by atoms with E-state index in [1.54, 1.807) is 22.6 Å². The molecule has 1 saturated heterocycles. The molecule has 4 N–H and O–H groups in total. The van der Waals surface area contributed by atoms with E-state index >= 15 is 0 Å². The molecule has 4 atom stereocenters. The number of hydrogen-bond acceptors (Lipinski definition) is 6. The molecule has 0 spiro atoms. The number of H-pyrrole nitrogens is 1. The Hall–Kier alpha value is -2.75. The van der Waals surface area contributed by atoms with Gasteiger partial charge >= 0.3 is 5.56 Å². The number of aromatic nitrogens is 4. The lowest BCUT2D eigenvalue weighted by atomic mass is 10.0. The van der Waals surface area contributed by atoms with E-state index in [-0.39, 0.29) is 23.5 Å². The first-order chi connectivity index (χ1) is 13.5. The van der Waals surface area contributed by atoms with Crippen molar-refractivity contribution in [1.29, 1.82) is 0 Å². The van der Waals surface area contributed by atoms with E-state index in [9.17, 15) is 9.90 Å². The topological polar surface area (TPSA) is 119 Å². The van der Waals surface area contributed by atoms with Crippen LogP contribution in [0.25, 0.3) is 11.2 Å². The van der Waals surface area contributed by atoms with Crippen molar-refractivity contribution in [1.82, 2.24) is 14.5 Å². The van der Waals surface area contributed by atoms with Crippen LogP contribution >= 0.6 is 0 Å². The molecule has 3 heterocycles. The number of rotatable bonds is 5. The van der Waals surface area contributed by atoms with Gasteiger partial charge < -0.3 is 20.3 Å². The second kappa shape index (κ2) is 7.34. The minimum Gasteiger partial charge on any atom is -0.386 e. The van der Waals surface area contributed by atoms with Crippen molar-refractivity contribution < 1.29 is 19.1 Å².